The predicted octanol–water partition coefficient (Wildman–Crippen LogP) is 1.91. The lowest BCUT2D eigenvalue weighted by atomic mass is 9.94. The van der Waals surface area contributed by atoms with Gasteiger partial charge in [-0.15, -0.1) is 0 Å². The molecule has 6 nitrogen and oxygen atoms in total. The first-order valence-corrected chi connectivity index (χ1v) is 6.15. The van der Waals surface area contributed by atoms with Crippen LogP contribution in [0.2, 0.25) is 0 Å². The summed E-state index contributed by atoms with van der Waals surface area (Å²) in [5, 5.41) is 8.54. The maximum absolute atomic E-state index is 12.0. The zero-order chi connectivity index (χ0) is 14.6. The average molecular weight is 268 g/mol. The second-order valence-corrected chi connectivity index (χ2v) is 5.50. The Bertz CT molecular complexity index is 459. The zero-order valence-corrected chi connectivity index (χ0v) is 11.8. The van der Waals surface area contributed by atoms with Crippen LogP contribution in [0.25, 0.3) is 0 Å². The maximum atomic E-state index is 12.0. The lowest BCUT2D eigenvalue weighted by molar-refractivity contribution is -0.137. The number of amides is 1. The van der Waals surface area contributed by atoms with Crippen molar-refractivity contribution in [2.24, 2.45) is 0 Å². The summed E-state index contributed by atoms with van der Waals surface area (Å²) in [6.45, 7) is 6.27. The summed E-state index contributed by atoms with van der Waals surface area (Å²) in [6, 6.07) is 0. The Morgan fingerprint density at radius 3 is 2.53 bits per heavy atom. The third kappa shape index (κ3) is 4.39. The molecule has 1 aromatic rings. The third-order valence-electron chi connectivity index (χ3n) is 2.66. The summed E-state index contributed by atoms with van der Waals surface area (Å²) in [4.78, 5) is 27.8. The Hall–Kier alpha value is -1.85. The van der Waals surface area contributed by atoms with E-state index in [0.717, 1.165) is 0 Å². The summed E-state index contributed by atoms with van der Waals surface area (Å²) in [5.74, 6) is -0.509. The lowest BCUT2D eigenvalue weighted by Crippen LogP contribution is -2.28. The highest BCUT2D eigenvalue weighted by Gasteiger charge is 2.23. The Labute approximate surface area is 112 Å². The molecule has 0 radical (unpaired) electrons. The second-order valence-electron chi connectivity index (χ2n) is 5.50. The van der Waals surface area contributed by atoms with Gasteiger partial charge in [0.2, 0.25) is 0 Å². The molecule has 0 unspecified atom stereocenters. The highest BCUT2D eigenvalue weighted by Crippen LogP contribution is 2.22. The molecule has 1 heterocycles. The Kier molecular flexibility index (Phi) is 4.69. The van der Waals surface area contributed by atoms with Gasteiger partial charge < -0.3 is 14.4 Å². The highest BCUT2D eigenvalue weighted by atomic mass is 16.4. The smallest absolute Gasteiger partial charge is 0.309 e. The molecule has 0 atom stereocenters. The summed E-state index contributed by atoms with van der Waals surface area (Å²) >= 11 is 0. The minimum atomic E-state index is -0.869. The van der Waals surface area contributed by atoms with Gasteiger partial charge in [0.25, 0.3) is 5.89 Å². The van der Waals surface area contributed by atoms with E-state index in [9.17, 15) is 9.59 Å². The summed E-state index contributed by atoms with van der Waals surface area (Å²) in [6.07, 6.45) is 2.00. The van der Waals surface area contributed by atoms with Crippen molar-refractivity contribution >= 4 is 11.9 Å². The van der Waals surface area contributed by atoms with Crippen LogP contribution in [-0.2, 0) is 10.2 Å². The maximum Gasteiger partial charge on any atom is 0.309 e. The SMILES string of the molecule is CN(CCCC(=O)O)C(=O)c1ncc(C(C)(C)C)o1. The Balaban J connectivity index is 2.62. The lowest BCUT2D eigenvalue weighted by Gasteiger charge is -2.15. The van der Waals surface area contributed by atoms with Crippen molar-refractivity contribution in [3.05, 3.63) is 17.8 Å². The molecular weight excluding hydrogens is 248 g/mol. The molecule has 6 heteroatoms. The first-order valence-electron chi connectivity index (χ1n) is 6.15. The molecule has 0 bridgehead atoms. The molecular formula is C13H20N2O4. The Morgan fingerprint density at radius 1 is 1.42 bits per heavy atom. The summed E-state index contributed by atoms with van der Waals surface area (Å²) in [7, 11) is 1.60. The Morgan fingerprint density at radius 2 is 2.05 bits per heavy atom. The van der Waals surface area contributed by atoms with Crippen LogP contribution in [0.5, 0.6) is 0 Å². The van der Waals surface area contributed by atoms with E-state index in [2.05, 4.69) is 4.98 Å². The molecule has 1 rings (SSSR count). The van der Waals surface area contributed by atoms with Crippen LogP contribution in [0.1, 0.15) is 50.1 Å². The van der Waals surface area contributed by atoms with Gasteiger partial charge in [0.05, 0.1) is 6.20 Å². The molecule has 1 amide bonds. The number of oxazole rings is 1. The molecule has 0 saturated heterocycles. The molecule has 0 fully saturated rings. The standard InChI is InChI=1S/C13H20N2O4/c1-13(2,3)9-8-14-11(19-9)12(18)15(4)7-5-6-10(16)17/h8H,5-7H2,1-4H3,(H,16,17). The fourth-order valence-electron chi connectivity index (χ4n) is 1.45. The fraction of sp³-hybridized carbons (Fsp3) is 0.615. The molecule has 106 valence electrons. The van der Waals surface area contributed by atoms with E-state index in [1.54, 1.807) is 13.2 Å². The first kappa shape index (κ1) is 15.2. The van der Waals surface area contributed by atoms with Crippen LogP contribution >= 0.6 is 0 Å². The van der Waals surface area contributed by atoms with E-state index in [-0.39, 0.29) is 23.6 Å². The van der Waals surface area contributed by atoms with Crippen LogP contribution in [0.4, 0.5) is 0 Å². The molecule has 0 spiro atoms. The van der Waals surface area contributed by atoms with Crippen LogP contribution < -0.4 is 0 Å². The van der Waals surface area contributed by atoms with Gasteiger partial charge in [0.15, 0.2) is 0 Å². The third-order valence-corrected chi connectivity index (χ3v) is 2.66. The first-order chi connectivity index (χ1) is 8.71. The monoisotopic (exact) mass is 268 g/mol. The number of aliphatic carboxylic acids is 1. The zero-order valence-electron chi connectivity index (χ0n) is 11.8. The summed E-state index contributed by atoms with van der Waals surface area (Å²) < 4.78 is 5.44. The van der Waals surface area contributed by atoms with E-state index in [0.29, 0.717) is 18.7 Å². The number of carboxylic acid groups (broad SMARTS) is 1. The number of aromatic nitrogens is 1. The molecule has 1 aromatic heterocycles. The van der Waals surface area contributed by atoms with Crippen molar-refractivity contribution in [2.45, 2.75) is 39.0 Å². The van der Waals surface area contributed by atoms with Crippen molar-refractivity contribution < 1.29 is 19.1 Å². The number of carboxylic acids is 1. The molecule has 0 aliphatic heterocycles. The summed E-state index contributed by atoms with van der Waals surface area (Å²) in [5.41, 5.74) is -0.201. The number of carbonyl (C=O) groups excluding carboxylic acids is 1. The van der Waals surface area contributed by atoms with Crippen molar-refractivity contribution in [1.82, 2.24) is 9.88 Å². The van der Waals surface area contributed by atoms with E-state index in [4.69, 9.17) is 9.52 Å². The van der Waals surface area contributed by atoms with Gasteiger partial charge in [-0.05, 0) is 6.42 Å². The number of rotatable bonds is 5. The quantitative estimate of drug-likeness (QED) is 0.881. The normalized spacial score (nSPS) is 11.4. The van der Waals surface area contributed by atoms with Gasteiger partial charge >= 0.3 is 11.9 Å². The van der Waals surface area contributed by atoms with Crippen molar-refractivity contribution in [2.75, 3.05) is 13.6 Å². The van der Waals surface area contributed by atoms with Gasteiger partial charge in [0, 0.05) is 25.4 Å². The average Bonchev–Trinajstić information content (AvgIpc) is 2.76. The van der Waals surface area contributed by atoms with E-state index < -0.39 is 5.97 Å². The van der Waals surface area contributed by atoms with E-state index in [1.807, 2.05) is 20.8 Å². The van der Waals surface area contributed by atoms with Crippen molar-refractivity contribution in [1.29, 1.82) is 0 Å². The van der Waals surface area contributed by atoms with Gasteiger partial charge in [-0.2, -0.15) is 0 Å². The van der Waals surface area contributed by atoms with Crippen LogP contribution in [-0.4, -0.2) is 40.5 Å². The molecule has 0 aliphatic rings. The molecule has 1 N–H and O–H groups in total. The number of carbonyl (C=O) groups is 2. The predicted molar refractivity (Wildman–Crippen MR) is 69.0 cm³/mol. The van der Waals surface area contributed by atoms with Crippen LogP contribution in [0, 0.1) is 0 Å². The number of hydrogen-bond acceptors (Lipinski definition) is 4. The van der Waals surface area contributed by atoms with Gasteiger partial charge in [-0.3, -0.25) is 9.59 Å². The minimum Gasteiger partial charge on any atom is -0.481 e. The molecule has 19 heavy (non-hydrogen) atoms. The number of nitrogens with zero attached hydrogens (tertiary/aromatic N) is 2. The van der Waals surface area contributed by atoms with Crippen molar-refractivity contribution in [3.63, 3.8) is 0 Å². The van der Waals surface area contributed by atoms with E-state index in [1.165, 1.54) is 4.90 Å². The fourth-order valence-corrected chi connectivity index (χ4v) is 1.45. The van der Waals surface area contributed by atoms with Gasteiger partial charge in [0.1, 0.15) is 5.76 Å². The molecule has 0 aromatic carbocycles. The largest absolute Gasteiger partial charge is 0.481 e. The number of hydrogen-bond donors (Lipinski definition) is 1. The topological polar surface area (TPSA) is 83.6 Å². The highest BCUT2D eigenvalue weighted by molar-refractivity contribution is 5.89. The minimum absolute atomic E-state index is 0.0381. The molecule has 0 saturated carbocycles. The van der Waals surface area contributed by atoms with Crippen LogP contribution in [0.15, 0.2) is 10.6 Å². The van der Waals surface area contributed by atoms with Crippen molar-refractivity contribution in [3.8, 4) is 0 Å². The molecule has 0 aliphatic carbocycles. The van der Waals surface area contributed by atoms with E-state index >= 15 is 0 Å². The van der Waals surface area contributed by atoms with Crippen LogP contribution in [0.3, 0.4) is 0 Å². The van der Waals surface area contributed by atoms with Gasteiger partial charge in [-0.1, -0.05) is 20.8 Å². The van der Waals surface area contributed by atoms with Gasteiger partial charge in [-0.25, -0.2) is 4.98 Å². The second kappa shape index (κ2) is 5.86.